The molecule has 0 N–H and O–H groups in total. The quantitative estimate of drug-likeness (QED) is 0.748. The highest BCUT2D eigenvalue weighted by molar-refractivity contribution is 4.83. The van der Waals surface area contributed by atoms with Crippen LogP contribution in [0.4, 0.5) is 0 Å². The molecule has 3 nitrogen and oxygen atoms in total. The lowest BCUT2D eigenvalue weighted by molar-refractivity contribution is -0.0689. The van der Waals surface area contributed by atoms with Crippen LogP contribution in [0, 0.1) is 5.41 Å². The summed E-state index contributed by atoms with van der Waals surface area (Å²) >= 11 is 0. The zero-order valence-corrected chi connectivity index (χ0v) is 12.5. The molecule has 3 heteroatoms. The molecule has 2 heterocycles. The van der Waals surface area contributed by atoms with E-state index in [1.165, 1.54) is 38.9 Å². The van der Waals surface area contributed by atoms with Gasteiger partial charge in [-0.3, -0.25) is 4.90 Å². The van der Waals surface area contributed by atoms with Crippen LogP contribution in [0.15, 0.2) is 0 Å². The van der Waals surface area contributed by atoms with Crippen LogP contribution in [-0.2, 0) is 4.74 Å². The standard InChI is InChI=1S/C15H30N2O/c1-15(2,3)13-17-11-14(12-17)18-10-9-16-7-5-4-6-8-16/h14H,4-13H2,1-3H3. The summed E-state index contributed by atoms with van der Waals surface area (Å²) in [5.74, 6) is 0. The van der Waals surface area contributed by atoms with Gasteiger partial charge >= 0.3 is 0 Å². The Labute approximate surface area is 112 Å². The van der Waals surface area contributed by atoms with Crippen molar-refractivity contribution in [3.05, 3.63) is 0 Å². The van der Waals surface area contributed by atoms with Crippen molar-refractivity contribution in [1.82, 2.24) is 9.80 Å². The van der Waals surface area contributed by atoms with Crippen molar-refractivity contribution in [1.29, 1.82) is 0 Å². The van der Waals surface area contributed by atoms with Gasteiger partial charge < -0.3 is 9.64 Å². The van der Waals surface area contributed by atoms with Crippen LogP contribution in [0.3, 0.4) is 0 Å². The average molecular weight is 254 g/mol. The Bertz CT molecular complexity index is 237. The van der Waals surface area contributed by atoms with Crippen molar-refractivity contribution in [2.24, 2.45) is 5.41 Å². The molecule has 2 fully saturated rings. The number of piperidine rings is 1. The first-order valence-electron chi connectivity index (χ1n) is 7.59. The SMILES string of the molecule is CC(C)(C)CN1CC(OCCN2CCCCC2)C1. The molecule has 0 aliphatic carbocycles. The maximum absolute atomic E-state index is 5.94. The summed E-state index contributed by atoms with van der Waals surface area (Å²) in [6.07, 6.45) is 4.67. The molecule has 2 rings (SSSR count). The van der Waals surface area contributed by atoms with Gasteiger partial charge in [0.25, 0.3) is 0 Å². The largest absolute Gasteiger partial charge is 0.374 e. The minimum Gasteiger partial charge on any atom is -0.374 e. The maximum atomic E-state index is 5.94. The molecule has 18 heavy (non-hydrogen) atoms. The topological polar surface area (TPSA) is 15.7 Å². The van der Waals surface area contributed by atoms with Crippen molar-refractivity contribution in [2.75, 3.05) is 45.9 Å². The molecule has 0 radical (unpaired) electrons. The normalized spacial score (nSPS) is 24.2. The van der Waals surface area contributed by atoms with Crippen molar-refractivity contribution in [3.8, 4) is 0 Å². The second-order valence-corrected chi connectivity index (χ2v) is 7.15. The van der Waals surface area contributed by atoms with Crippen molar-refractivity contribution < 1.29 is 4.74 Å². The summed E-state index contributed by atoms with van der Waals surface area (Å²) in [4.78, 5) is 5.06. The third-order valence-electron chi connectivity index (χ3n) is 3.83. The van der Waals surface area contributed by atoms with Crippen molar-refractivity contribution in [2.45, 2.75) is 46.1 Å². The van der Waals surface area contributed by atoms with Crippen LogP contribution in [0.25, 0.3) is 0 Å². The lowest BCUT2D eigenvalue weighted by Gasteiger charge is -2.42. The molecule has 0 aromatic rings. The Hall–Kier alpha value is -0.120. The summed E-state index contributed by atoms with van der Waals surface area (Å²) < 4.78 is 5.94. The Balaban J connectivity index is 1.49. The number of hydrogen-bond acceptors (Lipinski definition) is 3. The predicted molar refractivity (Wildman–Crippen MR) is 75.9 cm³/mol. The maximum Gasteiger partial charge on any atom is 0.0829 e. The van der Waals surface area contributed by atoms with E-state index in [1.54, 1.807) is 0 Å². The molecule has 0 unspecified atom stereocenters. The molecular weight excluding hydrogens is 224 g/mol. The highest BCUT2D eigenvalue weighted by Gasteiger charge is 2.30. The molecule has 2 saturated heterocycles. The van der Waals surface area contributed by atoms with Gasteiger partial charge in [0.15, 0.2) is 0 Å². The van der Waals surface area contributed by atoms with Gasteiger partial charge in [-0.15, -0.1) is 0 Å². The van der Waals surface area contributed by atoms with E-state index < -0.39 is 0 Å². The molecule has 0 atom stereocenters. The second kappa shape index (κ2) is 6.36. The fourth-order valence-electron chi connectivity index (χ4n) is 2.96. The van der Waals surface area contributed by atoms with Gasteiger partial charge in [-0.05, 0) is 31.3 Å². The van der Waals surface area contributed by atoms with E-state index in [9.17, 15) is 0 Å². The van der Waals surface area contributed by atoms with E-state index in [0.29, 0.717) is 11.5 Å². The van der Waals surface area contributed by atoms with Gasteiger partial charge in [0, 0.05) is 26.2 Å². The van der Waals surface area contributed by atoms with Crippen molar-refractivity contribution >= 4 is 0 Å². The number of hydrogen-bond donors (Lipinski definition) is 0. The average Bonchev–Trinajstić information content (AvgIpc) is 2.25. The molecule has 0 aromatic carbocycles. The van der Waals surface area contributed by atoms with E-state index in [2.05, 4.69) is 30.6 Å². The molecule has 106 valence electrons. The third kappa shape index (κ3) is 4.87. The van der Waals surface area contributed by atoms with E-state index in [0.717, 1.165) is 26.2 Å². The van der Waals surface area contributed by atoms with Crippen LogP contribution in [0.1, 0.15) is 40.0 Å². The minimum atomic E-state index is 0.415. The molecule has 2 aliphatic rings. The Morgan fingerprint density at radius 2 is 1.67 bits per heavy atom. The number of nitrogens with zero attached hydrogens (tertiary/aromatic N) is 2. The summed E-state index contributed by atoms with van der Waals surface area (Å²) in [6, 6.07) is 0. The zero-order valence-electron chi connectivity index (χ0n) is 12.5. The first-order valence-corrected chi connectivity index (χ1v) is 7.59. The van der Waals surface area contributed by atoms with Gasteiger partial charge in [0.2, 0.25) is 0 Å². The summed E-state index contributed by atoms with van der Waals surface area (Å²) in [6.45, 7) is 15.0. The number of likely N-dealkylation sites (tertiary alicyclic amines) is 2. The van der Waals surface area contributed by atoms with Crippen LogP contribution >= 0.6 is 0 Å². The van der Waals surface area contributed by atoms with E-state index in [-0.39, 0.29) is 0 Å². The Morgan fingerprint density at radius 3 is 2.28 bits per heavy atom. The number of ether oxygens (including phenoxy) is 1. The lowest BCUT2D eigenvalue weighted by atomic mass is 9.94. The van der Waals surface area contributed by atoms with E-state index >= 15 is 0 Å². The predicted octanol–water partition coefficient (Wildman–Crippen LogP) is 2.22. The summed E-state index contributed by atoms with van der Waals surface area (Å²) in [5, 5.41) is 0. The van der Waals surface area contributed by atoms with Gasteiger partial charge in [-0.25, -0.2) is 0 Å². The summed E-state index contributed by atoms with van der Waals surface area (Å²) in [5.41, 5.74) is 0.415. The molecule has 2 aliphatic heterocycles. The Morgan fingerprint density at radius 1 is 1.00 bits per heavy atom. The first kappa shape index (κ1) is 14.3. The van der Waals surface area contributed by atoms with Crippen LogP contribution in [-0.4, -0.2) is 61.8 Å². The van der Waals surface area contributed by atoms with Gasteiger partial charge in [0.05, 0.1) is 12.7 Å². The highest BCUT2D eigenvalue weighted by Crippen LogP contribution is 2.20. The first-order chi connectivity index (χ1) is 8.53. The van der Waals surface area contributed by atoms with Gasteiger partial charge in [0.1, 0.15) is 0 Å². The second-order valence-electron chi connectivity index (χ2n) is 7.15. The van der Waals surface area contributed by atoms with E-state index in [4.69, 9.17) is 4.74 Å². The fourth-order valence-corrected chi connectivity index (χ4v) is 2.96. The zero-order chi connectivity index (χ0) is 13.0. The van der Waals surface area contributed by atoms with Crippen LogP contribution in [0.5, 0.6) is 0 Å². The minimum absolute atomic E-state index is 0.415. The van der Waals surface area contributed by atoms with Crippen LogP contribution in [0.2, 0.25) is 0 Å². The van der Waals surface area contributed by atoms with Gasteiger partial charge in [-0.2, -0.15) is 0 Å². The monoisotopic (exact) mass is 254 g/mol. The van der Waals surface area contributed by atoms with Crippen molar-refractivity contribution in [3.63, 3.8) is 0 Å². The molecule has 0 saturated carbocycles. The summed E-state index contributed by atoms with van der Waals surface area (Å²) in [7, 11) is 0. The van der Waals surface area contributed by atoms with E-state index in [1.807, 2.05) is 0 Å². The molecule has 0 aromatic heterocycles. The van der Waals surface area contributed by atoms with Gasteiger partial charge in [-0.1, -0.05) is 27.2 Å². The Kier molecular flexibility index (Phi) is 5.05. The number of rotatable bonds is 5. The third-order valence-corrected chi connectivity index (χ3v) is 3.83. The smallest absolute Gasteiger partial charge is 0.0829 e. The molecular formula is C15H30N2O. The lowest BCUT2D eigenvalue weighted by Crippen LogP contribution is -2.54. The highest BCUT2D eigenvalue weighted by atomic mass is 16.5. The fraction of sp³-hybridized carbons (Fsp3) is 1.00. The molecule has 0 bridgehead atoms. The molecule has 0 amide bonds. The molecule has 0 spiro atoms. The van der Waals surface area contributed by atoms with Crippen LogP contribution < -0.4 is 0 Å².